The molecule has 0 amide bonds. The molecule has 0 unspecified atom stereocenters. The lowest BCUT2D eigenvalue weighted by molar-refractivity contribution is 0.216. The van der Waals surface area contributed by atoms with Crippen molar-refractivity contribution in [3.63, 3.8) is 0 Å². The van der Waals surface area contributed by atoms with Crippen molar-refractivity contribution in [2.24, 2.45) is 0 Å². The summed E-state index contributed by atoms with van der Waals surface area (Å²) in [5.41, 5.74) is 2.50. The summed E-state index contributed by atoms with van der Waals surface area (Å²) in [6.45, 7) is 2.05. The van der Waals surface area contributed by atoms with Crippen molar-refractivity contribution in [1.29, 1.82) is 0 Å². The minimum atomic E-state index is 0.0837. The van der Waals surface area contributed by atoms with Crippen LogP contribution < -0.4 is 5.23 Å². The van der Waals surface area contributed by atoms with Gasteiger partial charge in [0.25, 0.3) is 0 Å². The molecule has 1 fully saturated rings. The molecule has 1 saturated heterocycles. The summed E-state index contributed by atoms with van der Waals surface area (Å²) in [6.07, 6.45) is 0.0867. The molecule has 3 rings (SSSR count). The summed E-state index contributed by atoms with van der Waals surface area (Å²) in [5.74, 6) is 0. The van der Waals surface area contributed by atoms with Crippen LogP contribution in [-0.2, 0) is 4.65 Å². The Labute approximate surface area is 108 Å². The molecule has 3 heteroatoms. The van der Waals surface area contributed by atoms with E-state index in [9.17, 15) is 0 Å². The predicted molar refractivity (Wildman–Crippen MR) is 74.2 cm³/mol. The molecular formula is C15H16BNO. The fourth-order valence-electron chi connectivity index (χ4n) is 2.52. The van der Waals surface area contributed by atoms with Gasteiger partial charge >= 0.3 is 7.05 Å². The normalized spacial score (nSPS) is 23.3. The summed E-state index contributed by atoms with van der Waals surface area (Å²) in [4.78, 5) is 0. The molecule has 90 valence electrons. The Bertz CT molecular complexity index is 455. The van der Waals surface area contributed by atoms with Crippen LogP contribution in [0.15, 0.2) is 60.7 Å². The van der Waals surface area contributed by atoms with E-state index in [2.05, 4.69) is 60.6 Å². The van der Waals surface area contributed by atoms with Gasteiger partial charge in [-0.2, -0.15) is 0 Å². The quantitative estimate of drug-likeness (QED) is 0.809. The molecular weight excluding hydrogens is 221 g/mol. The van der Waals surface area contributed by atoms with Crippen LogP contribution in [0.5, 0.6) is 0 Å². The lowest BCUT2D eigenvalue weighted by Gasteiger charge is -2.20. The first-order valence-corrected chi connectivity index (χ1v) is 6.36. The lowest BCUT2D eigenvalue weighted by atomic mass is 9.88. The molecule has 1 heterocycles. The third-order valence-electron chi connectivity index (χ3n) is 3.35. The molecule has 2 aromatic rings. The minimum Gasteiger partial charge on any atom is -0.413 e. The summed E-state index contributed by atoms with van der Waals surface area (Å²) in [5, 5.41) is 3.50. The second-order valence-corrected chi connectivity index (χ2v) is 4.66. The van der Waals surface area contributed by atoms with Gasteiger partial charge in [-0.1, -0.05) is 60.7 Å². The van der Waals surface area contributed by atoms with Crippen molar-refractivity contribution in [2.45, 2.75) is 19.0 Å². The Morgan fingerprint density at radius 3 is 2.06 bits per heavy atom. The van der Waals surface area contributed by atoms with Crippen LogP contribution in [0.3, 0.4) is 0 Å². The molecule has 1 N–H and O–H groups in total. The van der Waals surface area contributed by atoms with Crippen LogP contribution in [0.2, 0.25) is 6.82 Å². The van der Waals surface area contributed by atoms with Gasteiger partial charge in [0.15, 0.2) is 0 Å². The van der Waals surface area contributed by atoms with Gasteiger partial charge in [-0.15, -0.1) is 0 Å². The molecule has 2 nitrogen and oxygen atoms in total. The van der Waals surface area contributed by atoms with E-state index >= 15 is 0 Å². The van der Waals surface area contributed by atoms with E-state index < -0.39 is 0 Å². The second-order valence-electron chi connectivity index (χ2n) is 4.66. The average molecular weight is 237 g/mol. The van der Waals surface area contributed by atoms with E-state index in [1.54, 1.807) is 0 Å². The maximum absolute atomic E-state index is 6.00. The first-order chi connectivity index (χ1) is 8.84. The largest absolute Gasteiger partial charge is 0.413 e. The maximum atomic E-state index is 6.00. The van der Waals surface area contributed by atoms with Gasteiger partial charge in [0.2, 0.25) is 0 Å². The molecule has 2 aromatic carbocycles. The zero-order chi connectivity index (χ0) is 12.4. The van der Waals surface area contributed by atoms with Gasteiger partial charge in [-0.3, -0.25) is 0 Å². The lowest BCUT2D eigenvalue weighted by Crippen LogP contribution is -2.26. The van der Waals surface area contributed by atoms with Gasteiger partial charge in [0.05, 0.1) is 12.1 Å². The van der Waals surface area contributed by atoms with E-state index in [-0.39, 0.29) is 19.2 Å². The molecule has 0 aliphatic carbocycles. The molecule has 0 radical (unpaired) electrons. The molecule has 2 atom stereocenters. The molecule has 0 aromatic heterocycles. The summed E-state index contributed by atoms with van der Waals surface area (Å²) >= 11 is 0. The maximum Gasteiger partial charge on any atom is 0.377 e. The van der Waals surface area contributed by atoms with E-state index in [4.69, 9.17) is 4.65 Å². The Hall–Kier alpha value is -1.58. The van der Waals surface area contributed by atoms with Gasteiger partial charge in [-0.25, -0.2) is 0 Å². The third kappa shape index (κ3) is 2.19. The Morgan fingerprint density at radius 1 is 0.889 bits per heavy atom. The van der Waals surface area contributed by atoms with Gasteiger partial charge in [0.1, 0.15) is 0 Å². The van der Waals surface area contributed by atoms with Crippen molar-refractivity contribution < 1.29 is 4.65 Å². The van der Waals surface area contributed by atoms with Crippen LogP contribution in [-0.4, -0.2) is 7.05 Å². The highest BCUT2D eigenvalue weighted by molar-refractivity contribution is 6.48. The van der Waals surface area contributed by atoms with E-state index in [0.29, 0.717) is 0 Å². The number of rotatable bonds is 2. The van der Waals surface area contributed by atoms with E-state index in [1.807, 2.05) is 12.1 Å². The fraction of sp³-hybridized carbons (Fsp3) is 0.200. The molecule has 1 aliphatic rings. The Kier molecular flexibility index (Phi) is 3.18. The monoisotopic (exact) mass is 237 g/mol. The summed E-state index contributed by atoms with van der Waals surface area (Å²) in [6, 6.07) is 21.1. The summed E-state index contributed by atoms with van der Waals surface area (Å²) < 4.78 is 6.00. The average Bonchev–Trinajstić information content (AvgIpc) is 2.83. The SMILES string of the molecule is CB1N[C@@H](c2ccccc2)[C@@H](c2ccccc2)O1. The van der Waals surface area contributed by atoms with Gasteiger partial charge in [-0.05, 0) is 17.9 Å². The van der Waals surface area contributed by atoms with Crippen molar-refractivity contribution in [1.82, 2.24) is 5.23 Å². The highest BCUT2D eigenvalue weighted by Crippen LogP contribution is 2.36. The van der Waals surface area contributed by atoms with Crippen molar-refractivity contribution in [3.8, 4) is 0 Å². The van der Waals surface area contributed by atoms with Crippen LogP contribution in [0.25, 0.3) is 0 Å². The summed E-state index contributed by atoms with van der Waals surface area (Å²) in [7, 11) is 0.0837. The van der Waals surface area contributed by atoms with Gasteiger partial charge in [0, 0.05) is 0 Å². The van der Waals surface area contributed by atoms with Crippen LogP contribution >= 0.6 is 0 Å². The first kappa shape index (κ1) is 11.5. The minimum absolute atomic E-state index is 0.0837. The standard InChI is InChI=1S/C15H16BNO/c1-16-17-14(12-8-4-2-5-9-12)15(18-16)13-10-6-3-7-11-13/h2-11,14-15,17H,1H3/t14-,15+/m0/s1. The predicted octanol–water partition coefficient (Wildman–Crippen LogP) is 3.21. The fourth-order valence-corrected chi connectivity index (χ4v) is 2.52. The van der Waals surface area contributed by atoms with Gasteiger partial charge < -0.3 is 9.88 Å². The zero-order valence-electron chi connectivity index (χ0n) is 10.4. The molecule has 0 spiro atoms. The van der Waals surface area contributed by atoms with Crippen LogP contribution in [0.4, 0.5) is 0 Å². The topological polar surface area (TPSA) is 21.3 Å². The second kappa shape index (κ2) is 4.97. The highest BCUT2D eigenvalue weighted by atomic mass is 16.5. The molecule has 1 aliphatic heterocycles. The molecule has 0 bridgehead atoms. The number of hydrogen-bond donors (Lipinski definition) is 1. The van der Waals surface area contributed by atoms with E-state index in [0.717, 1.165) is 0 Å². The Morgan fingerprint density at radius 2 is 1.44 bits per heavy atom. The Balaban J connectivity index is 1.93. The number of nitrogens with one attached hydrogen (secondary N) is 1. The van der Waals surface area contributed by atoms with E-state index in [1.165, 1.54) is 11.1 Å². The molecule has 18 heavy (non-hydrogen) atoms. The van der Waals surface area contributed by atoms with Crippen LogP contribution in [0.1, 0.15) is 23.3 Å². The smallest absolute Gasteiger partial charge is 0.377 e. The van der Waals surface area contributed by atoms with Crippen molar-refractivity contribution in [2.75, 3.05) is 0 Å². The van der Waals surface area contributed by atoms with Crippen molar-refractivity contribution in [3.05, 3.63) is 71.8 Å². The zero-order valence-corrected chi connectivity index (χ0v) is 10.4. The molecule has 0 saturated carbocycles. The number of benzene rings is 2. The van der Waals surface area contributed by atoms with Crippen molar-refractivity contribution >= 4 is 7.05 Å². The highest BCUT2D eigenvalue weighted by Gasteiger charge is 2.36. The number of hydrogen-bond acceptors (Lipinski definition) is 2. The third-order valence-corrected chi connectivity index (χ3v) is 3.35. The first-order valence-electron chi connectivity index (χ1n) is 6.36. The van der Waals surface area contributed by atoms with Crippen LogP contribution in [0, 0.1) is 0 Å².